The average molecular weight is 253 g/mol. The Hall–Kier alpha value is -1.00. The molecule has 0 unspecified atom stereocenters. The van der Waals surface area contributed by atoms with Crippen molar-refractivity contribution in [2.45, 2.75) is 25.3 Å². The first-order valence-corrected chi connectivity index (χ1v) is 6.83. The van der Waals surface area contributed by atoms with E-state index in [1.807, 2.05) is 19.1 Å². The molecule has 0 radical (unpaired) electrons. The first-order valence-electron chi connectivity index (χ1n) is 5.84. The molecule has 0 aliphatic carbocycles. The zero-order valence-corrected chi connectivity index (χ0v) is 11.2. The Kier molecular flexibility index (Phi) is 6.74. The van der Waals surface area contributed by atoms with Crippen LogP contribution in [0.25, 0.3) is 0 Å². The lowest BCUT2D eigenvalue weighted by Gasteiger charge is -2.05. The Morgan fingerprint density at radius 3 is 2.94 bits per heavy atom. The number of rotatable bonds is 7. The minimum Gasteiger partial charge on any atom is -0.465 e. The molecule has 94 valence electrons. The van der Waals surface area contributed by atoms with Gasteiger partial charge in [0.05, 0.1) is 12.4 Å². The predicted octanol–water partition coefficient (Wildman–Crippen LogP) is 2.45. The summed E-state index contributed by atoms with van der Waals surface area (Å²) < 4.78 is 4.89. The standard InChI is InChI=1S/C13H19NO2S/c1-3-14-9-11-6-5-7-12(8-11)17-10-13(15)16-4-2/h5-8,14H,3-4,9-10H2,1-2H3. The summed E-state index contributed by atoms with van der Waals surface area (Å²) in [4.78, 5) is 12.3. The van der Waals surface area contributed by atoms with E-state index in [-0.39, 0.29) is 5.97 Å². The first kappa shape index (κ1) is 14.1. The van der Waals surface area contributed by atoms with E-state index in [0.717, 1.165) is 18.0 Å². The molecule has 0 aliphatic heterocycles. The second-order valence-corrected chi connectivity index (χ2v) is 4.57. The van der Waals surface area contributed by atoms with Crippen molar-refractivity contribution in [3.05, 3.63) is 29.8 Å². The van der Waals surface area contributed by atoms with E-state index in [4.69, 9.17) is 4.74 Å². The maximum atomic E-state index is 11.2. The topological polar surface area (TPSA) is 38.3 Å². The Labute approximate surface area is 107 Å². The van der Waals surface area contributed by atoms with Crippen LogP contribution >= 0.6 is 11.8 Å². The smallest absolute Gasteiger partial charge is 0.316 e. The number of carbonyl (C=O) groups excluding carboxylic acids is 1. The molecule has 0 fully saturated rings. The van der Waals surface area contributed by atoms with Gasteiger partial charge in [-0.1, -0.05) is 19.1 Å². The van der Waals surface area contributed by atoms with Gasteiger partial charge in [-0.25, -0.2) is 0 Å². The Balaban J connectivity index is 2.45. The van der Waals surface area contributed by atoms with Gasteiger partial charge in [0.2, 0.25) is 0 Å². The zero-order valence-electron chi connectivity index (χ0n) is 10.4. The van der Waals surface area contributed by atoms with Gasteiger partial charge in [-0.2, -0.15) is 0 Å². The van der Waals surface area contributed by atoms with Crippen LogP contribution in [-0.2, 0) is 16.1 Å². The highest BCUT2D eigenvalue weighted by atomic mass is 32.2. The van der Waals surface area contributed by atoms with Gasteiger partial charge in [0.1, 0.15) is 0 Å². The normalized spacial score (nSPS) is 10.2. The second kappa shape index (κ2) is 8.14. The monoisotopic (exact) mass is 253 g/mol. The highest BCUT2D eigenvalue weighted by molar-refractivity contribution is 8.00. The van der Waals surface area contributed by atoms with Crippen LogP contribution in [0.15, 0.2) is 29.2 Å². The molecular formula is C13H19NO2S. The summed E-state index contributed by atoms with van der Waals surface area (Å²) in [6, 6.07) is 8.21. The van der Waals surface area contributed by atoms with Crippen LogP contribution in [0.5, 0.6) is 0 Å². The van der Waals surface area contributed by atoms with Crippen molar-refractivity contribution in [3.8, 4) is 0 Å². The summed E-state index contributed by atoms with van der Waals surface area (Å²) in [5.41, 5.74) is 1.24. The van der Waals surface area contributed by atoms with E-state index in [0.29, 0.717) is 12.4 Å². The van der Waals surface area contributed by atoms with E-state index < -0.39 is 0 Å². The van der Waals surface area contributed by atoms with Gasteiger partial charge in [-0.15, -0.1) is 11.8 Å². The molecule has 1 rings (SSSR count). The molecule has 0 atom stereocenters. The maximum absolute atomic E-state index is 11.2. The fraction of sp³-hybridized carbons (Fsp3) is 0.462. The molecule has 1 aromatic rings. The van der Waals surface area contributed by atoms with E-state index in [1.165, 1.54) is 17.3 Å². The molecule has 1 aromatic carbocycles. The lowest BCUT2D eigenvalue weighted by molar-refractivity contribution is -0.139. The second-order valence-electron chi connectivity index (χ2n) is 3.52. The summed E-state index contributed by atoms with van der Waals surface area (Å²) in [7, 11) is 0. The Morgan fingerprint density at radius 2 is 2.24 bits per heavy atom. The van der Waals surface area contributed by atoms with Gasteiger partial charge >= 0.3 is 5.97 Å². The molecule has 0 saturated heterocycles. The molecule has 4 heteroatoms. The molecular weight excluding hydrogens is 234 g/mol. The molecule has 17 heavy (non-hydrogen) atoms. The quantitative estimate of drug-likeness (QED) is 0.598. The summed E-state index contributed by atoms with van der Waals surface area (Å²) >= 11 is 1.51. The van der Waals surface area contributed by atoms with Crippen molar-refractivity contribution in [2.24, 2.45) is 0 Å². The minimum atomic E-state index is -0.158. The van der Waals surface area contributed by atoms with Crippen molar-refractivity contribution in [1.82, 2.24) is 5.32 Å². The van der Waals surface area contributed by atoms with E-state index in [1.54, 1.807) is 0 Å². The highest BCUT2D eigenvalue weighted by Gasteiger charge is 2.03. The van der Waals surface area contributed by atoms with Crippen LogP contribution in [0.3, 0.4) is 0 Å². The molecule has 0 aliphatic rings. The Morgan fingerprint density at radius 1 is 1.41 bits per heavy atom. The number of hydrogen-bond donors (Lipinski definition) is 1. The van der Waals surface area contributed by atoms with E-state index in [2.05, 4.69) is 24.4 Å². The van der Waals surface area contributed by atoms with Crippen LogP contribution in [-0.4, -0.2) is 24.9 Å². The third kappa shape index (κ3) is 5.75. The van der Waals surface area contributed by atoms with E-state index >= 15 is 0 Å². The summed E-state index contributed by atoms with van der Waals surface area (Å²) in [5.74, 6) is 0.216. The van der Waals surface area contributed by atoms with Crippen LogP contribution in [0.2, 0.25) is 0 Å². The van der Waals surface area contributed by atoms with Gasteiger partial charge in [0.15, 0.2) is 0 Å². The fourth-order valence-electron chi connectivity index (χ4n) is 1.36. The van der Waals surface area contributed by atoms with Gasteiger partial charge in [-0.3, -0.25) is 4.79 Å². The van der Waals surface area contributed by atoms with Gasteiger partial charge in [0, 0.05) is 11.4 Å². The number of carbonyl (C=O) groups is 1. The summed E-state index contributed by atoms with van der Waals surface area (Å²) in [5, 5.41) is 3.28. The number of nitrogens with one attached hydrogen (secondary N) is 1. The molecule has 3 nitrogen and oxygen atoms in total. The van der Waals surface area contributed by atoms with Crippen molar-refractivity contribution in [3.63, 3.8) is 0 Å². The number of hydrogen-bond acceptors (Lipinski definition) is 4. The number of ether oxygens (including phenoxy) is 1. The minimum absolute atomic E-state index is 0.158. The van der Waals surface area contributed by atoms with Crippen LogP contribution in [0, 0.1) is 0 Å². The Bertz CT molecular complexity index is 355. The lowest BCUT2D eigenvalue weighted by atomic mass is 10.2. The van der Waals surface area contributed by atoms with Crippen LogP contribution in [0.4, 0.5) is 0 Å². The summed E-state index contributed by atoms with van der Waals surface area (Å²) in [6.45, 7) is 6.17. The van der Waals surface area contributed by atoms with Crippen molar-refractivity contribution >= 4 is 17.7 Å². The maximum Gasteiger partial charge on any atom is 0.316 e. The van der Waals surface area contributed by atoms with Crippen molar-refractivity contribution in [1.29, 1.82) is 0 Å². The van der Waals surface area contributed by atoms with Crippen molar-refractivity contribution in [2.75, 3.05) is 18.9 Å². The van der Waals surface area contributed by atoms with Crippen LogP contribution < -0.4 is 5.32 Å². The predicted molar refractivity (Wildman–Crippen MR) is 71.2 cm³/mol. The SMILES string of the molecule is CCNCc1cccc(SCC(=O)OCC)c1. The summed E-state index contributed by atoms with van der Waals surface area (Å²) in [6.07, 6.45) is 0. The third-order valence-corrected chi connectivity index (χ3v) is 3.11. The van der Waals surface area contributed by atoms with Crippen molar-refractivity contribution < 1.29 is 9.53 Å². The molecule has 1 N–H and O–H groups in total. The molecule has 0 aromatic heterocycles. The first-order chi connectivity index (χ1) is 8.26. The number of esters is 1. The molecule has 0 saturated carbocycles. The molecule has 0 spiro atoms. The van der Waals surface area contributed by atoms with Crippen LogP contribution in [0.1, 0.15) is 19.4 Å². The van der Waals surface area contributed by atoms with E-state index in [9.17, 15) is 4.79 Å². The zero-order chi connectivity index (χ0) is 12.5. The van der Waals surface area contributed by atoms with Gasteiger partial charge in [-0.05, 0) is 31.2 Å². The fourth-order valence-corrected chi connectivity index (χ4v) is 2.14. The number of benzene rings is 1. The average Bonchev–Trinajstić information content (AvgIpc) is 2.35. The molecule has 0 bridgehead atoms. The van der Waals surface area contributed by atoms with Gasteiger partial charge in [0.25, 0.3) is 0 Å². The third-order valence-electron chi connectivity index (χ3n) is 2.14. The largest absolute Gasteiger partial charge is 0.465 e. The van der Waals surface area contributed by atoms with Gasteiger partial charge < -0.3 is 10.1 Å². The molecule has 0 heterocycles. The number of thioether (sulfide) groups is 1. The lowest BCUT2D eigenvalue weighted by Crippen LogP contribution is -2.11. The highest BCUT2D eigenvalue weighted by Crippen LogP contribution is 2.19. The molecule has 0 amide bonds.